The Morgan fingerprint density at radius 3 is 3.30 bits per heavy atom. The summed E-state index contributed by atoms with van der Waals surface area (Å²) in [7, 11) is 0. The first kappa shape index (κ1) is 5.29. The van der Waals surface area contributed by atoms with E-state index in [4.69, 9.17) is 0 Å². The predicted octanol–water partition coefficient (Wildman–Crippen LogP) is 0.760. The summed E-state index contributed by atoms with van der Waals surface area (Å²) in [6.45, 7) is 0. The van der Waals surface area contributed by atoms with Crippen LogP contribution in [0.2, 0.25) is 0 Å². The van der Waals surface area contributed by atoms with E-state index in [9.17, 15) is 0 Å². The van der Waals surface area contributed by atoms with Gasteiger partial charge in [-0.15, -0.1) is 0 Å². The highest BCUT2D eigenvalue weighted by Gasteiger charge is 2.08. The maximum Gasteiger partial charge on any atom is 0.211 e. The van der Waals surface area contributed by atoms with Crippen LogP contribution in [0.15, 0.2) is 41.9 Å². The number of allylic oxidation sites excluding steroid dienone is 2. The molecule has 2 aliphatic heterocycles. The highest BCUT2D eigenvalue weighted by Crippen LogP contribution is 2.02. The quantitative estimate of drug-likeness (QED) is 0.528. The molecule has 0 saturated carbocycles. The SMILES string of the molecule is C1=CN=C2NC=CN2C=C1. The Labute approximate surface area is 59.1 Å². The zero-order chi connectivity index (χ0) is 6.81. The molecule has 10 heavy (non-hydrogen) atoms. The second-order valence-electron chi connectivity index (χ2n) is 2.00. The first-order chi connectivity index (χ1) is 4.97. The van der Waals surface area contributed by atoms with Crippen molar-refractivity contribution in [2.24, 2.45) is 4.99 Å². The Kier molecular flexibility index (Phi) is 1.07. The fourth-order valence-corrected chi connectivity index (χ4v) is 0.867. The van der Waals surface area contributed by atoms with Crippen LogP contribution in [0.3, 0.4) is 0 Å². The molecule has 0 aromatic rings. The molecular formula is C7H7N3. The molecule has 2 heterocycles. The van der Waals surface area contributed by atoms with E-state index in [0.29, 0.717) is 0 Å². The average Bonchev–Trinajstić information content (AvgIpc) is 2.28. The molecule has 50 valence electrons. The minimum Gasteiger partial charge on any atom is -0.330 e. The third kappa shape index (κ3) is 0.719. The molecule has 2 rings (SSSR count). The number of hydrogen-bond acceptors (Lipinski definition) is 3. The third-order valence-corrected chi connectivity index (χ3v) is 1.33. The molecule has 0 aliphatic carbocycles. The second kappa shape index (κ2) is 2.02. The second-order valence-corrected chi connectivity index (χ2v) is 2.00. The molecule has 0 amide bonds. The van der Waals surface area contributed by atoms with Gasteiger partial charge in [-0.3, -0.25) is 4.90 Å². The van der Waals surface area contributed by atoms with E-state index < -0.39 is 0 Å². The number of nitrogens with zero attached hydrogens (tertiary/aromatic N) is 2. The first-order valence-electron chi connectivity index (χ1n) is 3.09. The standard InChI is InChI=1S/C7H7N3/c1-2-5-10-6-4-9-7(10)8-3-1/h1-6H,(H,8,9). The van der Waals surface area contributed by atoms with E-state index in [0.717, 1.165) is 5.96 Å². The van der Waals surface area contributed by atoms with Gasteiger partial charge in [-0.2, -0.15) is 0 Å². The molecule has 3 heteroatoms. The van der Waals surface area contributed by atoms with Gasteiger partial charge < -0.3 is 5.32 Å². The lowest BCUT2D eigenvalue weighted by Crippen LogP contribution is -2.24. The van der Waals surface area contributed by atoms with Gasteiger partial charge in [-0.25, -0.2) is 4.99 Å². The number of nitrogens with one attached hydrogen (secondary N) is 1. The van der Waals surface area contributed by atoms with Crippen molar-refractivity contribution in [3.8, 4) is 0 Å². The lowest BCUT2D eigenvalue weighted by molar-refractivity contribution is 0.766. The highest BCUT2D eigenvalue weighted by atomic mass is 15.3. The summed E-state index contributed by atoms with van der Waals surface area (Å²) >= 11 is 0. The van der Waals surface area contributed by atoms with Gasteiger partial charge in [-0.05, 0) is 12.2 Å². The van der Waals surface area contributed by atoms with E-state index in [1.54, 1.807) is 6.20 Å². The lowest BCUT2D eigenvalue weighted by Gasteiger charge is -2.07. The van der Waals surface area contributed by atoms with Crippen molar-refractivity contribution >= 4 is 5.96 Å². The van der Waals surface area contributed by atoms with Crippen LogP contribution in [0.25, 0.3) is 0 Å². The van der Waals surface area contributed by atoms with Gasteiger partial charge in [0, 0.05) is 24.8 Å². The molecule has 1 N–H and O–H groups in total. The van der Waals surface area contributed by atoms with Crippen LogP contribution in [0.5, 0.6) is 0 Å². The van der Waals surface area contributed by atoms with Gasteiger partial charge in [-0.1, -0.05) is 0 Å². The Morgan fingerprint density at radius 2 is 2.30 bits per heavy atom. The Hall–Kier alpha value is -1.51. The summed E-state index contributed by atoms with van der Waals surface area (Å²) in [6, 6.07) is 0. The Balaban J connectivity index is 2.35. The van der Waals surface area contributed by atoms with Crippen LogP contribution >= 0.6 is 0 Å². The summed E-state index contributed by atoms with van der Waals surface area (Å²) < 4.78 is 0. The van der Waals surface area contributed by atoms with Crippen molar-refractivity contribution in [2.75, 3.05) is 0 Å². The average molecular weight is 133 g/mol. The predicted molar refractivity (Wildman–Crippen MR) is 39.8 cm³/mol. The van der Waals surface area contributed by atoms with Crippen LogP contribution in [0.4, 0.5) is 0 Å². The Bertz CT molecular complexity index is 248. The van der Waals surface area contributed by atoms with Crippen molar-refractivity contribution in [1.29, 1.82) is 0 Å². The van der Waals surface area contributed by atoms with Gasteiger partial charge in [0.05, 0.1) is 0 Å². The number of guanidine groups is 1. The largest absolute Gasteiger partial charge is 0.330 e. The summed E-state index contributed by atoms with van der Waals surface area (Å²) in [5, 5.41) is 2.99. The van der Waals surface area contributed by atoms with Crippen molar-refractivity contribution in [3.63, 3.8) is 0 Å². The molecule has 2 aliphatic rings. The molecule has 0 bridgehead atoms. The molecule has 0 radical (unpaired) electrons. The van der Waals surface area contributed by atoms with Crippen molar-refractivity contribution in [2.45, 2.75) is 0 Å². The van der Waals surface area contributed by atoms with E-state index >= 15 is 0 Å². The molecule has 0 atom stereocenters. The lowest BCUT2D eigenvalue weighted by atomic mass is 10.6. The van der Waals surface area contributed by atoms with Crippen LogP contribution in [0.1, 0.15) is 0 Å². The van der Waals surface area contributed by atoms with Gasteiger partial charge >= 0.3 is 0 Å². The van der Waals surface area contributed by atoms with Crippen LogP contribution < -0.4 is 5.32 Å². The summed E-state index contributed by atoms with van der Waals surface area (Å²) in [5.41, 5.74) is 0. The summed E-state index contributed by atoms with van der Waals surface area (Å²) in [4.78, 5) is 6.03. The fraction of sp³-hybridized carbons (Fsp3) is 0. The zero-order valence-corrected chi connectivity index (χ0v) is 5.36. The maximum absolute atomic E-state index is 4.11. The van der Waals surface area contributed by atoms with E-state index in [-0.39, 0.29) is 0 Å². The number of fused-ring (bicyclic) bond motifs is 1. The molecule has 3 nitrogen and oxygen atoms in total. The number of hydrogen-bond donors (Lipinski definition) is 1. The van der Waals surface area contributed by atoms with Crippen molar-refractivity contribution in [1.82, 2.24) is 10.2 Å². The molecular weight excluding hydrogens is 126 g/mol. The minimum absolute atomic E-state index is 0.852. The molecule has 0 saturated heterocycles. The van der Waals surface area contributed by atoms with Gasteiger partial charge in [0.2, 0.25) is 5.96 Å². The number of rotatable bonds is 0. The highest BCUT2D eigenvalue weighted by molar-refractivity contribution is 5.85. The van der Waals surface area contributed by atoms with Crippen LogP contribution in [-0.4, -0.2) is 10.9 Å². The first-order valence-corrected chi connectivity index (χ1v) is 3.09. The van der Waals surface area contributed by atoms with Gasteiger partial charge in [0.15, 0.2) is 0 Å². The minimum atomic E-state index is 0.852. The molecule has 0 fully saturated rings. The molecule has 0 aromatic heterocycles. The summed E-state index contributed by atoms with van der Waals surface area (Å²) in [6.07, 6.45) is 11.3. The Morgan fingerprint density at radius 1 is 1.30 bits per heavy atom. The van der Waals surface area contributed by atoms with E-state index in [2.05, 4.69) is 10.3 Å². The molecule has 0 spiro atoms. The van der Waals surface area contributed by atoms with Crippen molar-refractivity contribution in [3.05, 3.63) is 37.0 Å². The maximum atomic E-state index is 4.11. The van der Waals surface area contributed by atoms with Gasteiger partial charge in [0.25, 0.3) is 0 Å². The van der Waals surface area contributed by atoms with Crippen molar-refractivity contribution < 1.29 is 0 Å². The smallest absolute Gasteiger partial charge is 0.211 e. The summed E-state index contributed by atoms with van der Waals surface area (Å²) in [5.74, 6) is 0.852. The number of aliphatic imine (C=N–C) groups is 1. The fourth-order valence-electron chi connectivity index (χ4n) is 0.867. The van der Waals surface area contributed by atoms with Gasteiger partial charge in [0.1, 0.15) is 0 Å². The zero-order valence-electron chi connectivity index (χ0n) is 5.36. The monoisotopic (exact) mass is 133 g/mol. The molecule has 0 unspecified atom stereocenters. The van der Waals surface area contributed by atoms with Crippen LogP contribution in [0, 0.1) is 0 Å². The normalized spacial score (nSPS) is 20.0. The van der Waals surface area contributed by atoms with E-state index in [1.165, 1.54) is 0 Å². The van der Waals surface area contributed by atoms with E-state index in [1.807, 2.05) is 35.7 Å². The topological polar surface area (TPSA) is 27.6 Å². The third-order valence-electron chi connectivity index (χ3n) is 1.33. The van der Waals surface area contributed by atoms with Crippen LogP contribution in [-0.2, 0) is 0 Å². The molecule has 0 aromatic carbocycles.